The number of hydrogen-bond donors (Lipinski definition) is 1. The first-order valence-corrected chi connectivity index (χ1v) is 10.0. The van der Waals surface area contributed by atoms with E-state index in [1.165, 1.54) is 0 Å². The largest absolute Gasteiger partial charge is 0.490 e. The molecule has 0 atom stereocenters. The van der Waals surface area contributed by atoms with Crippen molar-refractivity contribution in [2.45, 2.75) is 33.4 Å². The Kier molecular flexibility index (Phi) is 9.78. The molecule has 27 heavy (non-hydrogen) atoms. The molecule has 1 N–H and O–H groups in total. The summed E-state index contributed by atoms with van der Waals surface area (Å²) in [5.41, 5.74) is 1.97. The van der Waals surface area contributed by atoms with Gasteiger partial charge in [-0.15, -0.1) is 0 Å². The highest BCUT2D eigenvalue weighted by molar-refractivity contribution is 6.31. The average Bonchev–Trinajstić information content (AvgIpc) is 2.65. The van der Waals surface area contributed by atoms with Crippen molar-refractivity contribution in [2.24, 2.45) is 0 Å². The van der Waals surface area contributed by atoms with Gasteiger partial charge in [0.2, 0.25) is 0 Å². The Morgan fingerprint density at radius 2 is 1.78 bits per heavy atom. The van der Waals surface area contributed by atoms with Crippen LogP contribution in [0.25, 0.3) is 0 Å². The van der Waals surface area contributed by atoms with E-state index in [-0.39, 0.29) is 0 Å². The van der Waals surface area contributed by atoms with Gasteiger partial charge in [0.1, 0.15) is 6.61 Å². The van der Waals surface area contributed by atoms with E-state index in [0.717, 1.165) is 37.3 Å². The van der Waals surface area contributed by atoms with Gasteiger partial charge in [0.05, 0.1) is 6.61 Å². The summed E-state index contributed by atoms with van der Waals surface area (Å²) in [6, 6.07) is 11.3. The maximum absolute atomic E-state index is 6.45. The van der Waals surface area contributed by atoms with E-state index in [1.807, 2.05) is 50.2 Å². The van der Waals surface area contributed by atoms with Crippen LogP contribution in [-0.4, -0.2) is 26.4 Å². The molecule has 6 heteroatoms. The quantitative estimate of drug-likeness (QED) is 0.468. The van der Waals surface area contributed by atoms with Crippen LogP contribution in [0.4, 0.5) is 0 Å². The summed E-state index contributed by atoms with van der Waals surface area (Å²) in [5.74, 6) is 1.32. The Morgan fingerprint density at radius 1 is 0.963 bits per heavy atom. The number of benzene rings is 2. The van der Waals surface area contributed by atoms with E-state index in [2.05, 4.69) is 5.32 Å². The minimum absolute atomic E-state index is 0.395. The molecule has 0 amide bonds. The molecule has 0 aliphatic rings. The second-order valence-electron chi connectivity index (χ2n) is 5.97. The highest BCUT2D eigenvalue weighted by Crippen LogP contribution is 2.34. The molecule has 0 spiro atoms. The van der Waals surface area contributed by atoms with Crippen molar-refractivity contribution in [1.29, 1.82) is 0 Å². The zero-order valence-electron chi connectivity index (χ0n) is 15.9. The predicted octanol–water partition coefficient (Wildman–Crippen LogP) is 5.49. The molecule has 2 rings (SSSR count). The Bertz CT molecular complexity index is 710. The Labute approximate surface area is 171 Å². The van der Waals surface area contributed by atoms with E-state index in [9.17, 15) is 0 Å². The number of ether oxygens (including phenoxy) is 3. The van der Waals surface area contributed by atoms with Crippen LogP contribution in [0, 0.1) is 0 Å². The lowest BCUT2D eigenvalue weighted by atomic mass is 10.2. The molecule has 0 aliphatic carbocycles. The lowest BCUT2D eigenvalue weighted by Crippen LogP contribution is -2.16. The lowest BCUT2D eigenvalue weighted by Gasteiger charge is -2.15. The first kappa shape index (κ1) is 21.8. The van der Waals surface area contributed by atoms with Gasteiger partial charge in [0.15, 0.2) is 11.5 Å². The van der Waals surface area contributed by atoms with Crippen molar-refractivity contribution in [3.63, 3.8) is 0 Å². The maximum atomic E-state index is 6.45. The average molecular weight is 412 g/mol. The highest BCUT2D eigenvalue weighted by atomic mass is 35.5. The van der Waals surface area contributed by atoms with Crippen LogP contribution in [0.15, 0.2) is 36.4 Å². The first-order valence-electron chi connectivity index (χ1n) is 9.25. The molecule has 0 bridgehead atoms. The SMILES string of the molecule is CCOCCCNCc1cc(OCC)c(OCc2cccc(Cl)c2)cc1Cl. The van der Waals surface area contributed by atoms with Crippen LogP contribution < -0.4 is 14.8 Å². The highest BCUT2D eigenvalue weighted by Gasteiger charge is 2.11. The van der Waals surface area contributed by atoms with Gasteiger partial charge in [0.25, 0.3) is 0 Å². The van der Waals surface area contributed by atoms with Gasteiger partial charge >= 0.3 is 0 Å². The first-order chi connectivity index (χ1) is 13.1. The molecule has 0 saturated heterocycles. The summed E-state index contributed by atoms with van der Waals surface area (Å²) in [6.45, 7) is 7.94. The second kappa shape index (κ2) is 12.1. The van der Waals surface area contributed by atoms with E-state index in [0.29, 0.717) is 41.3 Å². The van der Waals surface area contributed by atoms with E-state index >= 15 is 0 Å². The zero-order valence-corrected chi connectivity index (χ0v) is 17.4. The fourth-order valence-corrected chi connectivity index (χ4v) is 2.98. The summed E-state index contributed by atoms with van der Waals surface area (Å²) in [6.07, 6.45) is 0.963. The Hall–Kier alpha value is -1.46. The fourth-order valence-electron chi connectivity index (χ4n) is 2.55. The van der Waals surface area contributed by atoms with E-state index < -0.39 is 0 Å². The van der Waals surface area contributed by atoms with E-state index in [1.54, 1.807) is 0 Å². The Balaban J connectivity index is 1.99. The van der Waals surface area contributed by atoms with Gasteiger partial charge in [-0.05, 0) is 56.1 Å². The topological polar surface area (TPSA) is 39.7 Å². The molecule has 0 heterocycles. The third-order valence-electron chi connectivity index (χ3n) is 3.86. The summed E-state index contributed by atoms with van der Waals surface area (Å²) >= 11 is 12.5. The monoisotopic (exact) mass is 411 g/mol. The minimum atomic E-state index is 0.395. The lowest BCUT2D eigenvalue weighted by molar-refractivity contribution is 0.144. The molecule has 0 aliphatic heterocycles. The number of halogens is 2. The van der Waals surface area contributed by atoms with Crippen molar-refractivity contribution in [3.8, 4) is 11.5 Å². The molecule has 2 aromatic carbocycles. The molecule has 0 unspecified atom stereocenters. The Morgan fingerprint density at radius 3 is 2.52 bits per heavy atom. The number of rotatable bonds is 12. The summed E-state index contributed by atoms with van der Waals surface area (Å²) in [5, 5.41) is 4.71. The van der Waals surface area contributed by atoms with Gasteiger partial charge in [-0.2, -0.15) is 0 Å². The standard InChI is InChI=1S/C21H27Cl2NO3/c1-3-25-10-6-9-24-14-17-12-20(26-4-2)21(13-19(17)23)27-15-16-7-5-8-18(22)11-16/h5,7-8,11-13,24H,3-4,6,9-10,14-15H2,1-2H3. The maximum Gasteiger partial charge on any atom is 0.163 e. The van der Waals surface area contributed by atoms with Crippen LogP contribution in [0.1, 0.15) is 31.4 Å². The molecular weight excluding hydrogens is 385 g/mol. The molecule has 0 fully saturated rings. The van der Waals surface area contributed by atoms with Crippen molar-refractivity contribution in [2.75, 3.05) is 26.4 Å². The smallest absolute Gasteiger partial charge is 0.163 e. The van der Waals surface area contributed by atoms with Crippen LogP contribution in [0.3, 0.4) is 0 Å². The third kappa shape index (κ3) is 7.59. The van der Waals surface area contributed by atoms with Gasteiger partial charge in [0, 0.05) is 35.9 Å². The molecular formula is C21H27Cl2NO3. The summed E-state index contributed by atoms with van der Waals surface area (Å²) in [4.78, 5) is 0. The van der Waals surface area contributed by atoms with Crippen molar-refractivity contribution in [1.82, 2.24) is 5.32 Å². The van der Waals surface area contributed by atoms with Gasteiger partial charge in [-0.1, -0.05) is 35.3 Å². The van der Waals surface area contributed by atoms with Gasteiger partial charge < -0.3 is 19.5 Å². The van der Waals surface area contributed by atoms with Crippen molar-refractivity contribution < 1.29 is 14.2 Å². The van der Waals surface area contributed by atoms with Crippen LogP contribution >= 0.6 is 23.2 Å². The number of nitrogens with one attached hydrogen (secondary N) is 1. The fraction of sp³-hybridized carbons (Fsp3) is 0.429. The summed E-state index contributed by atoms with van der Waals surface area (Å²) in [7, 11) is 0. The second-order valence-corrected chi connectivity index (χ2v) is 6.81. The number of hydrogen-bond acceptors (Lipinski definition) is 4. The molecule has 0 aromatic heterocycles. The van der Waals surface area contributed by atoms with Crippen molar-refractivity contribution in [3.05, 3.63) is 57.6 Å². The predicted molar refractivity (Wildman–Crippen MR) is 111 cm³/mol. The minimum Gasteiger partial charge on any atom is -0.490 e. The van der Waals surface area contributed by atoms with Crippen LogP contribution in [0.5, 0.6) is 11.5 Å². The molecule has 148 valence electrons. The van der Waals surface area contributed by atoms with E-state index in [4.69, 9.17) is 37.4 Å². The van der Waals surface area contributed by atoms with Crippen LogP contribution in [-0.2, 0) is 17.9 Å². The third-order valence-corrected chi connectivity index (χ3v) is 4.44. The van der Waals surface area contributed by atoms with Gasteiger partial charge in [-0.3, -0.25) is 0 Å². The normalized spacial score (nSPS) is 10.8. The summed E-state index contributed by atoms with van der Waals surface area (Å²) < 4.78 is 17.0. The van der Waals surface area contributed by atoms with Gasteiger partial charge in [-0.25, -0.2) is 0 Å². The molecule has 4 nitrogen and oxygen atoms in total. The molecule has 0 radical (unpaired) electrons. The molecule has 2 aromatic rings. The van der Waals surface area contributed by atoms with Crippen molar-refractivity contribution >= 4 is 23.2 Å². The zero-order chi connectivity index (χ0) is 19.5. The molecule has 0 saturated carbocycles. The van der Waals surface area contributed by atoms with Crippen LogP contribution in [0.2, 0.25) is 10.0 Å².